The van der Waals surface area contributed by atoms with Crippen molar-refractivity contribution < 1.29 is 57.3 Å². The van der Waals surface area contributed by atoms with E-state index in [0.29, 0.717) is 30.0 Å². The molecule has 0 aliphatic rings. The zero-order chi connectivity index (χ0) is 26.1. The van der Waals surface area contributed by atoms with Crippen LogP contribution in [0.3, 0.4) is 0 Å². The Morgan fingerprint density at radius 2 is 1.64 bits per heavy atom. The first kappa shape index (κ1) is 27.2. The molecule has 0 atom stereocenters. The molecule has 39 heavy (non-hydrogen) atoms. The zero-order valence-corrected chi connectivity index (χ0v) is 24.8. The molecule has 0 saturated carbocycles. The number of benzene rings is 3. The van der Waals surface area contributed by atoms with Gasteiger partial charge in [-0.2, -0.15) is 10.1 Å². The molecule has 0 aliphatic carbocycles. The van der Waals surface area contributed by atoms with Gasteiger partial charge in [0.05, 0.1) is 11.4 Å². The molecule has 10 heteroatoms. The molecular weight excluding hydrogens is 519 g/mol. The molecule has 6 rings (SSSR count). The predicted molar refractivity (Wildman–Crippen MR) is 144 cm³/mol. The first-order chi connectivity index (χ1) is 18.6. The van der Waals surface area contributed by atoms with E-state index in [1.54, 1.807) is 9.08 Å². The zero-order valence-electron chi connectivity index (χ0n) is 22.7. The van der Waals surface area contributed by atoms with Crippen molar-refractivity contribution in [2.75, 3.05) is 0 Å². The van der Waals surface area contributed by atoms with Crippen LogP contribution in [0.15, 0.2) is 99.3 Å². The van der Waals surface area contributed by atoms with Crippen molar-refractivity contribution in [2.24, 2.45) is 0 Å². The summed E-state index contributed by atoms with van der Waals surface area (Å²) in [5, 5.41) is 8.31. The van der Waals surface area contributed by atoms with E-state index in [1.807, 2.05) is 78.9 Å². The van der Waals surface area contributed by atoms with Gasteiger partial charge in [-0.1, -0.05) is 85.2 Å². The molecule has 0 amide bonds. The van der Waals surface area contributed by atoms with E-state index in [1.165, 1.54) is 6.33 Å². The van der Waals surface area contributed by atoms with Gasteiger partial charge >= 0.3 is 57.1 Å². The van der Waals surface area contributed by atoms with Crippen molar-refractivity contribution in [1.82, 2.24) is 29.3 Å². The topological polar surface area (TPSA) is 111 Å². The van der Waals surface area contributed by atoms with Crippen molar-refractivity contribution in [3.05, 3.63) is 123 Å². The predicted octanol–water partition coefficient (Wildman–Crippen LogP) is 1.55. The average molecular weight is 545 g/mol. The van der Waals surface area contributed by atoms with E-state index in [2.05, 4.69) is 27.1 Å². The molecular formula is C29H25KN6O3. The Morgan fingerprint density at radius 3 is 2.33 bits per heavy atom. The van der Waals surface area contributed by atoms with Crippen molar-refractivity contribution in [2.45, 2.75) is 26.2 Å². The number of hydrogen-bond donors (Lipinski definition) is 1. The van der Waals surface area contributed by atoms with Crippen LogP contribution in [0.1, 0.15) is 31.6 Å². The molecule has 190 valence electrons. The number of H-pyrrole nitrogens is 1. The van der Waals surface area contributed by atoms with Crippen molar-refractivity contribution >= 4 is 5.78 Å². The van der Waals surface area contributed by atoms with Gasteiger partial charge in [0.15, 0.2) is 5.82 Å². The van der Waals surface area contributed by atoms with Crippen LogP contribution in [-0.2, 0) is 12.8 Å². The monoisotopic (exact) mass is 544 g/mol. The molecule has 0 bridgehead atoms. The SMILES string of the molecule is CCCc1c(Cc2ccc(-c3ccccc3-c3noc(=O)[nH]3)cc2)c(=O)n(-c2ccccc2)c2ncnn12.[H-].[K+]. The fourth-order valence-electron chi connectivity index (χ4n) is 4.83. The quantitative estimate of drug-likeness (QED) is 0.306. The average Bonchev–Trinajstić information content (AvgIpc) is 3.61. The second kappa shape index (κ2) is 11.8. The number of aromatic nitrogens is 6. The maximum Gasteiger partial charge on any atom is 1.00 e. The number of nitrogens with one attached hydrogen (secondary N) is 1. The summed E-state index contributed by atoms with van der Waals surface area (Å²) in [6, 6.07) is 25.2. The molecule has 0 fully saturated rings. The van der Waals surface area contributed by atoms with Gasteiger partial charge in [0.1, 0.15) is 6.33 Å². The second-order valence-electron chi connectivity index (χ2n) is 8.99. The van der Waals surface area contributed by atoms with Crippen LogP contribution < -0.4 is 62.7 Å². The Kier molecular flexibility index (Phi) is 8.19. The molecule has 0 saturated heterocycles. The van der Waals surface area contributed by atoms with Crippen LogP contribution in [0.4, 0.5) is 0 Å². The van der Waals surface area contributed by atoms with E-state index >= 15 is 0 Å². The molecule has 0 radical (unpaired) electrons. The van der Waals surface area contributed by atoms with Crippen LogP contribution in [-0.4, -0.2) is 29.3 Å². The van der Waals surface area contributed by atoms with Crippen molar-refractivity contribution in [1.29, 1.82) is 0 Å². The molecule has 6 aromatic rings. The Morgan fingerprint density at radius 1 is 0.923 bits per heavy atom. The maximum absolute atomic E-state index is 13.9. The summed E-state index contributed by atoms with van der Waals surface area (Å²) in [4.78, 5) is 32.4. The standard InChI is InChI=1S/C29H24N6O3.K.H/c1-2-8-25-24(27(36)34(21-9-4-3-5-10-21)28-30-18-31-35(25)28)17-19-13-15-20(16-14-19)22-11-6-7-12-23(22)26-32-29(37)38-33-26;;/h3-7,9-16,18H,2,8,17H2,1H3,(H,32,33,37);;/q;+1;-1. The molecule has 0 aliphatic heterocycles. The van der Waals surface area contributed by atoms with E-state index in [0.717, 1.165) is 40.1 Å². The first-order valence-corrected chi connectivity index (χ1v) is 12.4. The van der Waals surface area contributed by atoms with Gasteiger partial charge in [-0.05, 0) is 35.2 Å². The summed E-state index contributed by atoms with van der Waals surface area (Å²) in [5.74, 6) is 0.284. The van der Waals surface area contributed by atoms with Crippen LogP contribution in [0.2, 0.25) is 0 Å². The van der Waals surface area contributed by atoms with Crippen molar-refractivity contribution in [3.8, 4) is 28.2 Å². The molecule has 3 aromatic carbocycles. The van der Waals surface area contributed by atoms with Crippen LogP contribution in [0, 0.1) is 0 Å². The maximum atomic E-state index is 13.9. The Hall–Kier alpha value is -3.41. The van der Waals surface area contributed by atoms with Gasteiger partial charge in [0, 0.05) is 17.5 Å². The molecule has 3 aromatic heterocycles. The van der Waals surface area contributed by atoms with E-state index in [9.17, 15) is 9.59 Å². The number of rotatable bonds is 7. The van der Waals surface area contributed by atoms with Crippen LogP contribution in [0.25, 0.3) is 34.0 Å². The number of nitrogens with zero attached hydrogens (tertiary/aromatic N) is 5. The molecule has 1 N–H and O–H groups in total. The smallest absolute Gasteiger partial charge is 1.00 e. The summed E-state index contributed by atoms with van der Waals surface area (Å²) in [6.07, 6.45) is 3.53. The molecule has 0 spiro atoms. The van der Waals surface area contributed by atoms with E-state index < -0.39 is 5.76 Å². The third kappa shape index (κ3) is 5.26. The molecule has 0 unspecified atom stereocenters. The minimum atomic E-state index is -0.599. The number of aromatic amines is 1. The molecule has 3 heterocycles. The van der Waals surface area contributed by atoms with Gasteiger partial charge in [-0.25, -0.2) is 13.9 Å². The number of para-hydroxylation sites is 1. The number of fused-ring (bicyclic) bond motifs is 1. The summed E-state index contributed by atoms with van der Waals surface area (Å²) in [5.41, 5.74) is 5.85. The summed E-state index contributed by atoms with van der Waals surface area (Å²) in [7, 11) is 0. The molecule has 9 nitrogen and oxygen atoms in total. The Balaban J connectivity index is 0.00000185. The fourth-order valence-corrected chi connectivity index (χ4v) is 4.83. The largest absolute Gasteiger partial charge is 1.00 e. The minimum absolute atomic E-state index is 0. The van der Waals surface area contributed by atoms with Gasteiger partial charge < -0.3 is 1.43 Å². The number of aryl methyl sites for hydroxylation is 1. The van der Waals surface area contributed by atoms with Crippen LogP contribution in [0.5, 0.6) is 0 Å². The van der Waals surface area contributed by atoms with E-state index in [-0.39, 0.29) is 58.4 Å². The van der Waals surface area contributed by atoms with Gasteiger partial charge in [0.2, 0.25) is 5.78 Å². The summed E-state index contributed by atoms with van der Waals surface area (Å²) >= 11 is 0. The minimum Gasteiger partial charge on any atom is -1.00 e. The normalized spacial score (nSPS) is 11.0. The first-order valence-electron chi connectivity index (χ1n) is 12.4. The fraction of sp³-hybridized carbons (Fsp3) is 0.138. The Labute approximate surface area is 267 Å². The number of hydrogen-bond acceptors (Lipinski definition) is 6. The third-order valence-corrected chi connectivity index (χ3v) is 6.56. The third-order valence-electron chi connectivity index (χ3n) is 6.56. The Bertz CT molecular complexity index is 1860. The summed E-state index contributed by atoms with van der Waals surface area (Å²) in [6.45, 7) is 2.09. The van der Waals surface area contributed by atoms with E-state index in [4.69, 9.17) is 4.52 Å². The second-order valence-corrected chi connectivity index (χ2v) is 8.99. The van der Waals surface area contributed by atoms with Gasteiger partial charge in [-0.15, -0.1) is 0 Å². The van der Waals surface area contributed by atoms with Gasteiger partial charge in [-0.3, -0.25) is 14.3 Å². The summed E-state index contributed by atoms with van der Waals surface area (Å²) < 4.78 is 8.12. The van der Waals surface area contributed by atoms with Crippen LogP contribution >= 0.6 is 0 Å². The van der Waals surface area contributed by atoms with Gasteiger partial charge in [0.25, 0.3) is 5.56 Å². The van der Waals surface area contributed by atoms with Crippen molar-refractivity contribution in [3.63, 3.8) is 0 Å².